The van der Waals surface area contributed by atoms with Gasteiger partial charge in [0.05, 0.1) is 15.2 Å². The van der Waals surface area contributed by atoms with Crippen LogP contribution in [-0.4, -0.2) is 27.9 Å². The van der Waals surface area contributed by atoms with Crippen molar-refractivity contribution >= 4 is 34.2 Å². The van der Waals surface area contributed by atoms with Gasteiger partial charge in [0, 0.05) is 18.7 Å². The highest BCUT2D eigenvalue weighted by Crippen LogP contribution is 2.33. The number of benzene rings is 1. The summed E-state index contributed by atoms with van der Waals surface area (Å²) in [7, 11) is 0. The quantitative estimate of drug-likeness (QED) is 0.558. The van der Waals surface area contributed by atoms with Crippen molar-refractivity contribution in [1.82, 2.24) is 4.90 Å². The van der Waals surface area contributed by atoms with Gasteiger partial charge >= 0.3 is 0 Å². The number of allylic oxidation sites excluding steroid dienone is 1. The number of hydrogen-bond acceptors (Lipinski definition) is 3. The molecular formula is C15H13F2IN2O2. The van der Waals surface area contributed by atoms with Gasteiger partial charge in [-0.2, -0.15) is 5.26 Å². The summed E-state index contributed by atoms with van der Waals surface area (Å²) in [6.07, 6.45) is 2.09. The molecule has 1 aromatic rings. The molecule has 0 bridgehead atoms. The molecule has 0 aromatic heterocycles. The second kappa shape index (κ2) is 7.05. The first-order chi connectivity index (χ1) is 10.5. The van der Waals surface area contributed by atoms with Crippen molar-refractivity contribution in [2.75, 3.05) is 13.2 Å². The predicted octanol–water partition coefficient (Wildman–Crippen LogP) is 3.26. The molecule has 7 heteroatoms. The Morgan fingerprint density at radius 2 is 2.09 bits per heavy atom. The molecule has 0 spiro atoms. The molecule has 22 heavy (non-hydrogen) atoms. The van der Waals surface area contributed by atoms with E-state index in [1.165, 1.54) is 4.90 Å². The second-order valence-electron chi connectivity index (χ2n) is 4.58. The number of rotatable bonds is 4. The van der Waals surface area contributed by atoms with Crippen molar-refractivity contribution in [3.63, 3.8) is 0 Å². The summed E-state index contributed by atoms with van der Waals surface area (Å²) < 4.78 is 33.2. The van der Waals surface area contributed by atoms with E-state index in [9.17, 15) is 13.6 Å². The monoisotopic (exact) mass is 418 g/mol. The normalized spacial score (nSPS) is 18.0. The second-order valence-corrected chi connectivity index (χ2v) is 6.09. The highest BCUT2D eigenvalue weighted by molar-refractivity contribution is 14.1. The SMILES string of the molecule is CCN1C(=O)C(I)CC=C1c1c(F)cc(OCC#N)cc1F. The van der Waals surface area contributed by atoms with Crippen molar-refractivity contribution < 1.29 is 18.3 Å². The van der Waals surface area contributed by atoms with Crippen LogP contribution in [0.1, 0.15) is 18.9 Å². The van der Waals surface area contributed by atoms with Crippen LogP contribution in [0.2, 0.25) is 0 Å². The third-order valence-electron chi connectivity index (χ3n) is 3.23. The molecule has 1 aliphatic heterocycles. The average Bonchev–Trinajstić information content (AvgIpc) is 2.48. The van der Waals surface area contributed by atoms with Crippen molar-refractivity contribution in [2.45, 2.75) is 17.3 Å². The molecule has 1 amide bonds. The zero-order valence-corrected chi connectivity index (χ0v) is 13.9. The Morgan fingerprint density at radius 1 is 1.45 bits per heavy atom. The van der Waals surface area contributed by atoms with Crippen molar-refractivity contribution in [3.05, 3.63) is 35.4 Å². The van der Waals surface area contributed by atoms with Crippen LogP contribution in [0, 0.1) is 23.0 Å². The summed E-state index contributed by atoms with van der Waals surface area (Å²) in [5, 5.41) is 8.43. The molecule has 1 atom stereocenters. The fourth-order valence-electron chi connectivity index (χ4n) is 2.27. The molecule has 1 aromatic carbocycles. The van der Waals surface area contributed by atoms with Crippen molar-refractivity contribution in [3.8, 4) is 11.8 Å². The first-order valence-electron chi connectivity index (χ1n) is 6.64. The Balaban J connectivity index is 2.44. The van der Waals surface area contributed by atoms with Gasteiger partial charge in [0.2, 0.25) is 5.91 Å². The summed E-state index contributed by atoms with van der Waals surface area (Å²) in [5.74, 6) is -1.86. The first-order valence-corrected chi connectivity index (χ1v) is 7.88. The van der Waals surface area contributed by atoms with Gasteiger partial charge in [0.1, 0.15) is 23.5 Å². The van der Waals surface area contributed by atoms with Crippen LogP contribution < -0.4 is 4.74 Å². The van der Waals surface area contributed by atoms with E-state index < -0.39 is 11.6 Å². The van der Waals surface area contributed by atoms with Crippen LogP contribution >= 0.6 is 22.6 Å². The lowest BCUT2D eigenvalue weighted by Gasteiger charge is -2.30. The number of halogens is 3. The Morgan fingerprint density at radius 3 is 2.64 bits per heavy atom. The minimum Gasteiger partial charge on any atom is -0.479 e. The molecule has 2 rings (SSSR count). The molecule has 116 valence electrons. The zero-order chi connectivity index (χ0) is 16.3. The van der Waals surface area contributed by atoms with E-state index in [2.05, 4.69) is 0 Å². The molecule has 1 heterocycles. The minimum atomic E-state index is -0.822. The third-order valence-corrected chi connectivity index (χ3v) is 4.28. The molecule has 0 aliphatic carbocycles. The van der Waals surface area contributed by atoms with E-state index in [1.54, 1.807) is 19.1 Å². The molecule has 0 N–H and O–H groups in total. The summed E-state index contributed by atoms with van der Waals surface area (Å²) in [6.45, 7) is 1.79. The highest BCUT2D eigenvalue weighted by Gasteiger charge is 2.31. The molecule has 0 saturated heterocycles. The predicted molar refractivity (Wildman–Crippen MR) is 85.3 cm³/mol. The number of ether oxygens (including phenoxy) is 1. The van der Waals surface area contributed by atoms with E-state index in [0.29, 0.717) is 13.0 Å². The molecule has 1 aliphatic rings. The Labute approximate surface area is 140 Å². The van der Waals surface area contributed by atoms with Crippen LogP contribution in [0.4, 0.5) is 8.78 Å². The van der Waals surface area contributed by atoms with Crippen molar-refractivity contribution in [2.24, 2.45) is 0 Å². The molecule has 0 saturated carbocycles. The third kappa shape index (κ3) is 3.21. The van der Waals surface area contributed by atoms with E-state index in [0.717, 1.165) is 12.1 Å². The van der Waals surface area contributed by atoms with Crippen molar-refractivity contribution in [1.29, 1.82) is 5.26 Å². The van der Waals surface area contributed by atoms with E-state index in [1.807, 2.05) is 22.6 Å². The summed E-state index contributed by atoms with van der Waals surface area (Å²) in [4.78, 5) is 13.5. The van der Waals surface area contributed by atoms with Crippen LogP contribution in [0.3, 0.4) is 0 Å². The fraction of sp³-hybridized carbons (Fsp3) is 0.333. The van der Waals surface area contributed by atoms with Gasteiger partial charge in [-0.25, -0.2) is 8.78 Å². The Bertz CT molecular complexity index is 647. The summed E-state index contributed by atoms with van der Waals surface area (Å²) in [6, 6.07) is 3.77. The van der Waals surface area contributed by atoms with Gasteiger partial charge in [0.25, 0.3) is 0 Å². The molecule has 4 nitrogen and oxygen atoms in total. The van der Waals surface area contributed by atoms with Crippen LogP contribution in [0.5, 0.6) is 5.75 Å². The van der Waals surface area contributed by atoms with Gasteiger partial charge < -0.3 is 9.64 Å². The largest absolute Gasteiger partial charge is 0.479 e. The molecule has 0 fully saturated rings. The number of carbonyl (C=O) groups excluding carboxylic acids is 1. The number of hydrogen-bond donors (Lipinski definition) is 0. The summed E-state index contributed by atoms with van der Waals surface area (Å²) in [5.41, 5.74) is -0.00921. The number of amides is 1. The lowest BCUT2D eigenvalue weighted by molar-refractivity contribution is -0.127. The smallest absolute Gasteiger partial charge is 0.240 e. The van der Waals surface area contributed by atoms with E-state index >= 15 is 0 Å². The topological polar surface area (TPSA) is 53.3 Å². The zero-order valence-electron chi connectivity index (χ0n) is 11.8. The lowest BCUT2D eigenvalue weighted by atomic mass is 10.0. The maximum atomic E-state index is 14.3. The van der Waals surface area contributed by atoms with E-state index in [4.69, 9.17) is 10.00 Å². The van der Waals surface area contributed by atoms with Crippen LogP contribution in [0.25, 0.3) is 5.70 Å². The fourth-order valence-corrected chi connectivity index (χ4v) is 2.86. The van der Waals surface area contributed by atoms with Gasteiger partial charge in [-0.05, 0) is 13.3 Å². The van der Waals surface area contributed by atoms with Crippen LogP contribution in [0.15, 0.2) is 18.2 Å². The average molecular weight is 418 g/mol. The number of nitriles is 1. The highest BCUT2D eigenvalue weighted by atomic mass is 127. The lowest BCUT2D eigenvalue weighted by Crippen LogP contribution is -2.38. The Kier molecular flexibility index (Phi) is 5.34. The van der Waals surface area contributed by atoms with E-state index in [-0.39, 0.29) is 33.4 Å². The molecule has 0 radical (unpaired) electrons. The summed E-state index contributed by atoms with van der Waals surface area (Å²) >= 11 is 2.01. The maximum absolute atomic E-state index is 14.3. The number of nitrogens with zero attached hydrogens (tertiary/aromatic N) is 2. The molecular weight excluding hydrogens is 405 g/mol. The Hall–Kier alpha value is -1.69. The maximum Gasteiger partial charge on any atom is 0.240 e. The standard InChI is InChI=1S/C15H13F2IN2O2/c1-2-20-13(4-3-12(18)15(20)21)14-10(16)7-9(8-11(14)17)22-6-5-19/h4,7-8,12H,2-3,6H2,1H3. The first kappa shape index (κ1) is 16.7. The van der Waals surface area contributed by atoms with Gasteiger partial charge in [-0.15, -0.1) is 0 Å². The van der Waals surface area contributed by atoms with Crippen LogP contribution in [-0.2, 0) is 4.79 Å². The number of carbonyl (C=O) groups is 1. The van der Waals surface area contributed by atoms with Gasteiger partial charge in [-0.1, -0.05) is 28.7 Å². The number of alkyl halides is 1. The van der Waals surface area contributed by atoms with Gasteiger partial charge in [0.15, 0.2) is 6.61 Å². The van der Waals surface area contributed by atoms with Gasteiger partial charge in [-0.3, -0.25) is 4.79 Å². The minimum absolute atomic E-state index is 0.0575. The molecule has 1 unspecified atom stereocenters.